The lowest BCUT2D eigenvalue weighted by Crippen LogP contribution is -2.10. The number of para-hydroxylation sites is 1. The Kier molecular flexibility index (Phi) is 7.42. The third-order valence-electron chi connectivity index (χ3n) is 10.6. The van der Waals surface area contributed by atoms with Crippen molar-refractivity contribution in [1.82, 2.24) is 15.0 Å². The largest absolute Gasteiger partial charge is 0.454 e. The molecule has 11 rings (SSSR count). The first-order chi connectivity index (χ1) is 27.7. The molecule has 0 aliphatic rings. The Bertz CT molecular complexity index is 3260. The molecule has 0 fully saturated rings. The maximum absolute atomic E-state index is 7.03. The monoisotopic (exact) mass is 716 g/mol. The summed E-state index contributed by atoms with van der Waals surface area (Å²) in [5.41, 5.74) is 7.35. The second-order valence-corrected chi connectivity index (χ2v) is 14.1. The van der Waals surface area contributed by atoms with Gasteiger partial charge in [0.15, 0.2) is 23.1 Å². The van der Waals surface area contributed by atoms with Crippen LogP contribution in [0.15, 0.2) is 199 Å². The molecule has 262 valence electrons. The Morgan fingerprint density at radius 2 is 0.893 bits per heavy atom. The van der Waals surface area contributed by atoms with Gasteiger partial charge in [-0.15, -0.1) is 0 Å². The van der Waals surface area contributed by atoms with Gasteiger partial charge in [-0.2, -0.15) is 0 Å². The third-order valence-corrected chi connectivity index (χ3v) is 10.6. The number of fused-ring (bicyclic) bond motifs is 6. The fraction of sp³-hybridized carbons (Fsp3) is 0. The number of hydrogen-bond donors (Lipinski definition) is 0. The van der Waals surface area contributed by atoms with Crippen molar-refractivity contribution < 1.29 is 4.42 Å². The topological polar surface area (TPSA) is 55.1 Å². The first-order valence-electron chi connectivity index (χ1n) is 18.8. The van der Waals surface area contributed by atoms with Crippen LogP contribution in [0.4, 0.5) is 17.1 Å². The van der Waals surface area contributed by atoms with Gasteiger partial charge in [0.25, 0.3) is 0 Å². The summed E-state index contributed by atoms with van der Waals surface area (Å²) in [6, 6.07) is 67.6. The summed E-state index contributed by atoms with van der Waals surface area (Å²) in [5.74, 6) is 1.81. The lowest BCUT2D eigenvalue weighted by molar-refractivity contribution is 0.669. The number of aromatic nitrogens is 3. The standard InChI is InChI=1S/C51H32N4O/c1-3-15-35(16-4-1)49-52-50(39-24-23-33-13-7-9-17-36(33)29-39)54-51(53-49)40-26-28-44-45-31-38-19-11-12-22-43(38)47(48(45)56-46(44)32-40)55(41-20-5-2-6-21-41)42-27-25-34-14-8-10-18-37(34)30-42/h1-32H. The predicted molar refractivity (Wildman–Crippen MR) is 231 cm³/mol. The van der Waals surface area contributed by atoms with E-state index in [-0.39, 0.29) is 0 Å². The van der Waals surface area contributed by atoms with Gasteiger partial charge in [0.2, 0.25) is 0 Å². The molecule has 0 aliphatic heterocycles. The van der Waals surface area contributed by atoms with Crippen LogP contribution in [0.3, 0.4) is 0 Å². The summed E-state index contributed by atoms with van der Waals surface area (Å²) >= 11 is 0. The Morgan fingerprint density at radius 3 is 1.62 bits per heavy atom. The minimum atomic E-state index is 0.580. The quantitative estimate of drug-likeness (QED) is 0.171. The zero-order valence-electron chi connectivity index (χ0n) is 30.2. The molecule has 0 amide bonds. The lowest BCUT2D eigenvalue weighted by Gasteiger charge is -2.27. The summed E-state index contributed by atoms with van der Waals surface area (Å²) in [6.07, 6.45) is 0. The van der Waals surface area contributed by atoms with Crippen LogP contribution in [-0.2, 0) is 0 Å². The second-order valence-electron chi connectivity index (χ2n) is 14.1. The van der Waals surface area contributed by atoms with Crippen molar-refractivity contribution in [3.05, 3.63) is 194 Å². The van der Waals surface area contributed by atoms with Crippen LogP contribution in [0, 0.1) is 0 Å². The fourth-order valence-corrected chi connectivity index (χ4v) is 7.89. The highest BCUT2D eigenvalue weighted by Crippen LogP contribution is 2.47. The Balaban J connectivity index is 1.13. The van der Waals surface area contributed by atoms with Crippen molar-refractivity contribution in [2.75, 3.05) is 4.90 Å². The maximum atomic E-state index is 7.03. The molecule has 0 saturated carbocycles. The Morgan fingerprint density at radius 1 is 0.339 bits per heavy atom. The minimum absolute atomic E-state index is 0.580. The van der Waals surface area contributed by atoms with Crippen LogP contribution < -0.4 is 4.90 Å². The van der Waals surface area contributed by atoms with Crippen molar-refractivity contribution in [2.24, 2.45) is 0 Å². The van der Waals surface area contributed by atoms with Crippen LogP contribution >= 0.6 is 0 Å². The molecule has 0 N–H and O–H groups in total. The average Bonchev–Trinajstić information content (AvgIpc) is 3.64. The Hall–Kier alpha value is -7.63. The van der Waals surface area contributed by atoms with Gasteiger partial charge in [-0.3, -0.25) is 0 Å². The normalized spacial score (nSPS) is 11.6. The predicted octanol–water partition coefficient (Wildman–Crippen LogP) is 13.7. The summed E-state index contributed by atoms with van der Waals surface area (Å²) < 4.78 is 7.03. The van der Waals surface area contributed by atoms with Crippen molar-refractivity contribution in [2.45, 2.75) is 0 Å². The molecular weight excluding hydrogens is 685 g/mol. The lowest BCUT2D eigenvalue weighted by atomic mass is 10.0. The molecule has 2 aromatic heterocycles. The number of benzene rings is 9. The van der Waals surface area contributed by atoms with E-state index in [1.54, 1.807) is 0 Å². The Labute approximate surface area is 322 Å². The molecule has 9 aromatic carbocycles. The first kappa shape index (κ1) is 31.9. The second kappa shape index (κ2) is 13.0. The summed E-state index contributed by atoms with van der Waals surface area (Å²) in [4.78, 5) is 17.5. The van der Waals surface area contributed by atoms with E-state index < -0.39 is 0 Å². The van der Waals surface area contributed by atoms with E-state index in [4.69, 9.17) is 19.4 Å². The van der Waals surface area contributed by atoms with Crippen LogP contribution in [0.25, 0.3) is 88.4 Å². The van der Waals surface area contributed by atoms with E-state index in [0.717, 1.165) is 71.8 Å². The molecule has 5 nitrogen and oxygen atoms in total. The average molecular weight is 717 g/mol. The molecule has 11 aromatic rings. The molecule has 0 bridgehead atoms. The fourth-order valence-electron chi connectivity index (χ4n) is 7.89. The first-order valence-corrected chi connectivity index (χ1v) is 18.8. The number of rotatable bonds is 6. The zero-order chi connectivity index (χ0) is 37.0. The third kappa shape index (κ3) is 5.45. The summed E-state index contributed by atoms with van der Waals surface area (Å²) in [5, 5.41) is 8.97. The van der Waals surface area contributed by atoms with Gasteiger partial charge in [0.1, 0.15) is 5.58 Å². The number of nitrogens with zero attached hydrogens (tertiary/aromatic N) is 4. The van der Waals surface area contributed by atoms with Gasteiger partial charge < -0.3 is 9.32 Å². The van der Waals surface area contributed by atoms with Gasteiger partial charge in [-0.05, 0) is 75.5 Å². The molecule has 56 heavy (non-hydrogen) atoms. The van der Waals surface area contributed by atoms with E-state index in [2.05, 4.69) is 169 Å². The van der Waals surface area contributed by atoms with Crippen molar-refractivity contribution >= 4 is 71.3 Å². The van der Waals surface area contributed by atoms with Gasteiger partial charge in [0, 0.05) is 44.2 Å². The molecule has 0 atom stereocenters. The van der Waals surface area contributed by atoms with Gasteiger partial charge in [-0.25, -0.2) is 15.0 Å². The van der Waals surface area contributed by atoms with Crippen molar-refractivity contribution in [3.63, 3.8) is 0 Å². The number of hydrogen-bond acceptors (Lipinski definition) is 5. The number of furan rings is 1. The van der Waals surface area contributed by atoms with Crippen molar-refractivity contribution in [3.8, 4) is 34.2 Å². The van der Waals surface area contributed by atoms with Crippen LogP contribution in [0.5, 0.6) is 0 Å². The maximum Gasteiger partial charge on any atom is 0.164 e. The van der Waals surface area contributed by atoms with Gasteiger partial charge in [0.05, 0.1) is 5.69 Å². The van der Waals surface area contributed by atoms with E-state index in [1.165, 1.54) is 16.2 Å². The molecule has 0 unspecified atom stereocenters. The SMILES string of the molecule is c1ccc(-c2nc(-c3ccc4ccccc4c3)nc(-c3ccc4c(c3)oc3c(N(c5ccccc5)c5ccc6ccccc6c5)c5ccccc5cc34)n2)cc1. The zero-order valence-corrected chi connectivity index (χ0v) is 30.2. The summed E-state index contributed by atoms with van der Waals surface area (Å²) in [6.45, 7) is 0. The highest BCUT2D eigenvalue weighted by molar-refractivity contribution is 6.19. The molecule has 2 heterocycles. The highest BCUT2D eigenvalue weighted by Gasteiger charge is 2.23. The molecule has 0 aliphatic carbocycles. The highest BCUT2D eigenvalue weighted by atomic mass is 16.3. The minimum Gasteiger partial charge on any atom is -0.454 e. The molecule has 0 spiro atoms. The van der Waals surface area contributed by atoms with E-state index in [9.17, 15) is 0 Å². The summed E-state index contributed by atoms with van der Waals surface area (Å²) in [7, 11) is 0. The molecule has 5 heteroatoms. The smallest absolute Gasteiger partial charge is 0.164 e. The van der Waals surface area contributed by atoms with Crippen LogP contribution in [-0.4, -0.2) is 15.0 Å². The van der Waals surface area contributed by atoms with Gasteiger partial charge >= 0.3 is 0 Å². The van der Waals surface area contributed by atoms with E-state index in [1.807, 2.05) is 30.3 Å². The molecule has 0 radical (unpaired) electrons. The van der Waals surface area contributed by atoms with Gasteiger partial charge in [-0.1, -0.05) is 146 Å². The van der Waals surface area contributed by atoms with Crippen LogP contribution in [0.2, 0.25) is 0 Å². The number of anilines is 3. The van der Waals surface area contributed by atoms with Crippen molar-refractivity contribution in [1.29, 1.82) is 0 Å². The molecule has 0 saturated heterocycles. The van der Waals surface area contributed by atoms with E-state index >= 15 is 0 Å². The van der Waals surface area contributed by atoms with Crippen LogP contribution in [0.1, 0.15) is 0 Å². The van der Waals surface area contributed by atoms with E-state index in [0.29, 0.717) is 17.5 Å². The molecular formula is C51H32N4O.